The van der Waals surface area contributed by atoms with Gasteiger partial charge in [-0.2, -0.15) is 4.98 Å². The smallest absolute Gasteiger partial charge is 0.272 e. The van der Waals surface area contributed by atoms with Gasteiger partial charge >= 0.3 is 0 Å². The summed E-state index contributed by atoms with van der Waals surface area (Å²) in [5.41, 5.74) is 5.74. The maximum absolute atomic E-state index is 12.5. The number of hydrogen-bond acceptors (Lipinski definition) is 7. The van der Waals surface area contributed by atoms with E-state index in [-0.39, 0.29) is 17.2 Å². The molecule has 25 heavy (non-hydrogen) atoms. The third-order valence-corrected chi connectivity index (χ3v) is 3.94. The first kappa shape index (κ1) is 16.6. The maximum Gasteiger partial charge on any atom is 0.272 e. The number of carbonyl (C=O) groups is 2. The highest BCUT2D eigenvalue weighted by Gasteiger charge is 2.24. The summed E-state index contributed by atoms with van der Waals surface area (Å²) in [6, 6.07) is 4.70. The van der Waals surface area contributed by atoms with Crippen molar-refractivity contribution < 1.29 is 14.3 Å². The SMILES string of the molecule is COc1ccnc(N2CCN(C(=O)c3ccc(C(N)=O)cn3)CC2)n1. The van der Waals surface area contributed by atoms with Crippen LogP contribution >= 0.6 is 0 Å². The Labute approximate surface area is 144 Å². The number of nitrogens with zero attached hydrogens (tertiary/aromatic N) is 5. The summed E-state index contributed by atoms with van der Waals surface area (Å²) in [7, 11) is 1.55. The summed E-state index contributed by atoms with van der Waals surface area (Å²) in [4.78, 5) is 39.8. The van der Waals surface area contributed by atoms with Crippen molar-refractivity contribution in [1.29, 1.82) is 0 Å². The summed E-state index contributed by atoms with van der Waals surface area (Å²) in [6.45, 7) is 2.27. The molecular weight excluding hydrogens is 324 g/mol. The van der Waals surface area contributed by atoms with Gasteiger partial charge in [0, 0.05) is 44.6 Å². The monoisotopic (exact) mass is 342 g/mol. The average Bonchev–Trinajstić information content (AvgIpc) is 2.67. The number of carbonyl (C=O) groups excluding carboxylic acids is 2. The Morgan fingerprint density at radius 2 is 1.88 bits per heavy atom. The van der Waals surface area contributed by atoms with Gasteiger partial charge in [-0.05, 0) is 12.1 Å². The van der Waals surface area contributed by atoms with E-state index in [1.54, 1.807) is 24.3 Å². The number of piperazine rings is 1. The molecule has 0 radical (unpaired) electrons. The maximum atomic E-state index is 12.5. The molecule has 2 amide bonds. The minimum Gasteiger partial charge on any atom is -0.481 e. The van der Waals surface area contributed by atoms with Crippen molar-refractivity contribution in [3.05, 3.63) is 41.9 Å². The molecule has 2 aromatic heterocycles. The van der Waals surface area contributed by atoms with Crippen LogP contribution in [0.3, 0.4) is 0 Å². The normalized spacial score (nSPS) is 14.3. The first-order chi connectivity index (χ1) is 12.1. The van der Waals surface area contributed by atoms with Crippen LogP contribution in [0.15, 0.2) is 30.6 Å². The molecule has 2 aromatic rings. The molecule has 1 fully saturated rings. The van der Waals surface area contributed by atoms with E-state index in [0.29, 0.717) is 38.0 Å². The van der Waals surface area contributed by atoms with E-state index in [1.807, 2.05) is 4.90 Å². The van der Waals surface area contributed by atoms with Crippen molar-refractivity contribution in [3.63, 3.8) is 0 Å². The molecule has 0 saturated carbocycles. The van der Waals surface area contributed by atoms with Crippen LogP contribution in [-0.2, 0) is 0 Å². The van der Waals surface area contributed by atoms with Crippen LogP contribution in [0.1, 0.15) is 20.8 Å². The molecule has 0 bridgehead atoms. The van der Waals surface area contributed by atoms with Crippen molar-refractivity contribution in [1.82, 2.24) is 19.9 Å². The molecule has 1 saturated heterocycles. The zero-order valence-corrected chi connectivity index (χ0v) is 13.8. The molecule has 1 aliphatic heterocycles. The number of pyridine rings is 1. The quantitative estimate of drug-likeness (QED) is 0.828. The van der Waals surface area contributed by atoms with Crippen molar-refractivity contribution in [2.45, 2.75) is 0 Å². The topological polar surface area (TPSA) is 115 Å². The molecular formula is C16H18N6O3. The lowest BCUT2D eigenvalue weighted by atomic mass is 10.2. The Bertz CT molecular complexity index is 772. The van der Waals surface area contributed by atoms with Crippen molar-refractivity contribution in [2.24, 2.45) is 5.73 Å². The van der Waals surface area contributed by atoms with Crippen molar-refractivity contribution in [3.8, 4) is 5.88 Å². The van der Waals surface area contributed by atoms with Crippen molar-refractivity contribution in [2.75, 3.05) is 38.2 Å². The third-order valence-electron chi connectivity index (χ3n) is 3.94. The Hall–Kier alpha value is -3.23. The van der Waals surface area contributed by atoms with Crippen LogP contribution in [0, 0.1) is 0 Å². The van der Waals surface area contributed by atoms with Gasteiger partial charge in [0.25, 0.3) is 5.91 Å². The third kappa shape index (κ3) is 3.65. The Kier molecular flexibility index (Phi) is 4.73. The van der Waals surface area contributed by atoms with Crippen LogP contribution < -0.4 is 15.4 Å². The number of hydrogen-bond donors (Lipinski definition) is 1. The summed E-state index contributed by atoms with van der Waals surface area (Å²) in [5.74, 6) is 0.332. The second kappa shape index (κ2) is 7.12. The number of ether oxygens (including phenoxy) is 1. The zero-order valence-electron chi connectivity index (χ0n) is 13.8. The molecule has 3 rings (SSSR count). The molecule has 1 aliphatic rings. The molecule has 9 nitrogen and oxygen atoms in total. The molecule has 0 aromatic carbocycles. The molecule has 3 heterocycles. The Balaban J connectivity index is 1.63. The molecule has 2 N–H and O–H groups in total. The highest BCUT2D eigenvalue weighted by molar-refractivity contribution is 5.95. The second-order valence-corrected chi connectivity index (χ2v) is 5.47. The van der Waals surface area contributed by atoms with E-state index >= 15 is 0 Å². The van der Waals surface area contributed by atoms with E-state index in [2.05, 4.69) is 15.0 Å². The summed E-state index contributed by atoms with van der Waals surface area (Å²) < 4.78 is 5.11. The summed E-state index contributed by atoms with van der Waals surface area (Å²) in [5, 5.41) is 0. The number of nitrogens with two attached hydrogens (primary N) is 1. The number of primary amides is 1. The van der Waals surface area contributed by atoms with Gasteiger partial charge in [0.1, 0.15) is 5.69 Å². The van der Waals surface area contributed by atoms with Crippen LogP contribution in [0.5, 0.6) is 5.88 Å². The minimum absolute atomic E-state index is 0.178. The molecule has 0 unspecified atom stereocenters. The Morgan fingerprint density at radius 3 is 2.48 bits per heavy atom. The van der Waals surface area contributed by atoms with E-state index in [4.69, 9.17) is 10.5 Å². The van der Waals surface area contributed by atoms with Gasteiger partial charge in [-0.15, -0.1) is 0 Å². The number of rotatable bonds is 4. The fourth-order valence-electron chi connectivity index (χ4n) is 2.54. The van der Waals surface area contributed by atoms with Crippen molar-refractivity contribution >= 4 is 17.8 Å². The van der Waals surface area contributed by atoms with Gasteiger partial charge in [-0.3, -0.25) is 14.6 Å². The van der Waals surface area contributed by atoms with Gasteiger partial charge in [0.2, 0.25) is 17.7 Å². The lowest BCUT2D eigenvalue weighted by Crippen LogP contribution is -2.49. The average molecular weight is 342 g/mol. The first-order valence-corrected chi connectivity index (χ1v) is 7.75. The van der Waals surface area contributed by atoms with Crippen LogP contribution in [-0.4, -0.2) is 65.0 Å². The molecule has 130 valence electrons. The predicted molar refractivity (Wildman–Crippen MR) is 89.5 cm³/mol. The summed E-state index contributed by atoms with van der Waals surface area (Å²) in [6.07, 6.45) is 2.96. The number of methoxy groups -OCH3 is 1. The van der Waals surface area contributed by atoms with Crippen LogP contribution in [0.4, 0.5) is 5.95 Å². The summed E-state index contributed by atoms with van der Waals surface area (Å²) >= 11 is 0. The zero-order chi connectivity index (χ0) is 17.8. The standard InChI is InChI=1S/C16H18N6O3/c1-25-13-4-5-18-16(20-13)22-8-6-21(7-9-22)15(24)12-3-2-11(10-19-12)14(17)23/h2-5,10H,6-9H2,1H3,(H2,17,23). The molecule has 0 aliphatic carbocycles. The van der Waals surface area contributed by atoms with E-state index < -0.39 is 5.91 Å². The van der Waals surface area contributed by atoms with E-state index in [0.717, 1.165) is 0 Å². The number of anilines is 1. The second-order valence-electron chi connectivity index (χ2n) is 5.47. The van der Waals surface area contributed by atoms with Gasteiger partial charge in [0.15, 0.2) is 0 Å². The predicted octanol–water partition coefficient (Wildman–Crippen LogP) is -0.0585. The lowest BCUT2D eigenvalue weighted by molar-refractivity contribution is 0.0739. The largest absolute Gasteiger partial charge is 0.481 e. The number of aromatic nitrogens is 3. The fraction of sp³-hybridized carbons (Fsp3) is 0.312. The van der Waals surface area contributed by atoms with Gasteiger partial charge in [-0.1, -0.05) is 0 Å². The van der Waals surface area contributed by atoms with Gasteiger partial charge in [-0.25, -0.2) is 4.98 Å². The van der Waals surface area contributed by atoms with Gasteiger partial charge in [0.05, 0.1) is 12.7 Å². The van der Waals surface area contributed by atoms with E-state index in [9.17, 15) is 9.59 Å². The number of amides is 2. The molecule has 0 spiro atoms. The van der Waals surface area contributed by atoms with Gasteiger partial charge < -0.3 is 20.3 Å². The van der Waals surface area contributed by atoms with Crippen LogP contribution in [0.2, 0.25) is 0 Å². The van der Waals surface area contributed by atoms with Crippen LogP contribution in [0.25, 0.3) is 0 Å². The molecule has 9 heteroatoms. The Morgan fingerprint density at radius 1 is 1.12 bits per heavy atom. The minimum atomic E-state index is -0.571. The highest BCUT2D eigenvalue weighted by Crippen LogP contribution is 2.15. The molecule has 0 atom stereocenters. The fourth-order valence-corrected chi connectivity index (χ4v) is 2.54. The lowest BCUT2D eigenvalue weighted by Gasteiger charge is -2.34. The van der Waals surface area contributed by atoms with E-state index in [1.165, 1.54) is 18.3 Å². The first-order valence-electron chi connectivity index (χ1n) is 7.75. The highest BCUT2D eigenvalue weighted by atomic mass is 16.5.